The van der Waals surface area contributed by atoms with E-state index in [1.165, 1.54) is 0 Å². The minimum absolute atomic E-state index is 0.597. The molecule has 0 amide bonds. The third-order valence-electron chi connectivity index (χ3n) is 0.614. The Hall–Kier alpha value is 0.140. The third kappa shape index (κ3) is 8.14. The van der Waals surface area contributed by atoms with Crippen LogP contribution in [0.25, 0.3) is 0 Å². The predicted octanol–water partition coefficient (Wildman–Crippen LogP) is 2.69. The van der Waals surface area contributed by atoms with Crippen LogP contribution < -0.4 is 0 Å². The molecule has 0 saturated carbocycles. The third-order valence-corrected chi connectivity index (χ3v) is 1.84. The monoisotopic (exact) mass is 158 g/mol. The van der Waals surface area contributed by atoms with Gasteiger partial charge in [-0.25, -0.2) is 0 Å². The Morgan fingerprint density at radius 2 is 1.89 bits per heavy atom. The number of hydrogen-bond acceptors (Lipinski definition) is 1. The van der Waals surface area contributed by atoms with Crippen molar-refractivity contribution >= 4 is 11.8 Å². The molecule has 0 nitrogen and oxygen atoms in total. The minimum atomic E-state index is -3.99. The van der Waals surface area contributed by atoms with E-state index in [2.05, 4.69) is 0 Å². The van der Waals surface area contributed by atoms with Gasteiger partial charge in [-0.2, -0.15) is 24.9 Å². The van der Waals surface area contributed by atoms with Gasteiger partial charge in [-0.3, -0.25) is 0 Å². The summed E-state index contributed by atoms with van der Waals surface area (Å²) in [6, 6.07) is 0. The van der Waals surface area contributed by atoms with Crippen LogP contribution in [0.1, 0.15) is 13.3 Å². The lowest BCUT2D eigenvalue weighted by Crippen LogP contribution is -2.10. The highest BCUT2D eigenvalue weighted by Crippen LogP contribution is 2.20. The van der Waals surface area contributed by atoms with Gasteiger partial charge in [0.25, 0.3) is 0 Å². The summed E-state index contributed by atoms with van der Waals surface area (Å²) >= 11 is 0.935. The van der Waals surface area contributed by atoms with Crippen molar-refractivity contribution in [2.24, 2.45) is 0 Å². The summed E-state index contributed by atoms with van der Waals surface area (Å²) in [4.78, 5) is 0. The van der Waals surface area contributed by atoms with Crippen LogP contribution in [0.5, 0.6) is 0 Å². The zero-order chi connectivity index (χ0) is 7.33. The van der Waals surface area contributed by atoms with Crippen LogP contribution in [-0.2, 0) is 0 Å². The van der Waals surface area contributed by atoms with Crippen molar-refractivity contribution in [3.63, 3.8) is 0 Å². The molecular weight excluding hydrogens is 149 g/mol. The molecule has 0 aliphatic rings. The van der Waals surface area contributed by atoms with Crippen molar-refractivity contribution in [1.82, 2.24) is 0 Å². The summed E-state index contributed by atoms with van der Waals surface area (Å²) in [5, 5.41) is 0. The Balaban J connectivity index is 3.07. The average Bonchev–Trinajstić information content (AvgIpc) is 1.63. The van der Waals surface area contributed by atoms with E-state index in [9.17, 15) is 13.2 Å². The first-order valence-electron chi connectivity index (χ1n) is 2.70. The summed E-state index contributed by atoms with van der Waals surface area (Å²) in [5.74, 6) is -0.111. The quantitative estimate of drug-likeness (QED) is 0.569. The number of alkyl halides is 3. The Morgan fingerprint density at radius 1 is 1.33 bits per heavy atom. The van der Waals surface area contributed by atoms with Crippen LogP contribution in [0, 0.1) is 0 Å². The summed E-state index contributed by atoms with van der Waals surface area (Å²) < 4.78 is 34.1. The summed E-state index contributed by atoms with van der Waals surface area (Å²) in [6.45, 7) is 1.86. The van der Waals surface area contributed by atoms with E-state index in [1.807, 2.05) is 6.92 Å². The zero-order valence-electron chi connectivity index (χ0n) is 5.16. The molecule has 0 fully saturated rings. The van der Waals surface area contributed by atoms with Crippen LogP contribution in [0.15, 0.2) is 0 Å². The molecule has 4 heteroatoms. The molecule has 9 heavy (non-hydrogen) atoms. The average molecular weight is 158 g/mol. The number of hydrogen-bond donors (Lipinski definition) is 0. The lowest BCUT2D eigenvalue weighted by Gasteiger charge is -2.03. The Morgan fingerprint density at radius 3 is 2.22 bits per heavy atom. The topological polar surface area (TPSA) is 0 Å². The second-order valence-electron chi connectivity index (χ2n) is 1.67. The number of rotatable bonds is 3. The van der Waals surface area contributed by atoms with E-state index in [0.29, 0.717) is 5.75 Å². The molecule has 0 aromatic carbocycles. The van der Waals surface area contributed by atoms with Crippen molar-refractivity contribution in [2.75, 3.05) is 11.5 Å². The van der Waals surface area contributed by atoms with Crippen molar-refractivity contribution in [1.29, 1.82) is 0 Å². The molecule has 0 aromatic rings. The van der Waals surface area contributed by atoms with Gasteiger partial charge in [0.2, 0.25) is 0 Å². The van der Waals surface area contributed by atoms with Crippen LogP contribution in [0.4, 0.5) is 13.2 Å². The van der Waals surface area contributed by atoms with Crippen molar-refractivity contribution in [3.8, 4) is 0 Å². The fourth-order valence-electron chi connectivity index (χ4n) is 0.332. The first-order chi connectivity index (χ1) is 4.06. The fraction of sp³-hybridized carbons (Fsp3) is 1.00. The molecule has 56 valence electrons. The normalized spacial score (nSPS) is 12.0. The van der Waals surface area contributed by atoms with Crippen molar-refractivity contribution in [2.45, 2.75) is 19.5 Å². The lowest BCUT2D eigenvalue weighted by atomic mass is 10.6. The van der Waals surface area contributed by atoms with E-state index >= 15 is 0 Å². The van der Waals surface area contributed by atoms with Gasteiger partial charge in [-0.05, 0) is 12.2 Å². The molecule has 0 bridgehead atoms. The van der Waals surface area contributed by atoms with Gasteiger partial charge in [0, 0.05) is 0 Å². The van der Waals surface area contributed by atoms with Crippen LogP contribution in [0.3, 0.4) is 0 Å². The van der Waals surface area contributed by atoms with E-state index in [4.69, 9.17) is 0 Å². The zero-order valence-corrected chi connectivity index (χ0v) is 5.98. The first-order valence-corrected chi connectivity index (χ1v) is 3.86. The summed E-state index contributed by atoms with van der Waals surface area (Å²) in [6.07, 6.45) is -3.18. The predicted molar refractivity (Wildman–Crippen MR) is 33.7 cm³/mol. The maximum absolute atomic E-state index is 11.4. The Bertz CT molecular complexity index is 69.1. The lowest BCUT2D eigenvalue weighted by molar-refractivity contribution is -0.105. The molecule has 0 heterocycles. The molecule has 0 spiro atoms. The molecule has 0 atom stereocenters. The number of halogens is 3. The molecule has 0 rings (SSSR count). The largest absolute Gasteiger partial charge is 0.397 e. The van der Waals surface area contributed by atoms with Gasteiger partial charge in [0.15, 0.2) is 0 Å². The van der Waals surface area contributed by atoms with Gasteiger partial charge in [-0.1, -0.05) is 6.92 Å². The summed E-state index contributed by atoms with van der Waals surface area (Å²) in [5.41, 5.74) is 0. The van der Waals surface area contributed by atoms with E-state index < -0.39 is 11.9 Å². The van der Waals surface area contributed by atoms with E-state index in [1.54, 1.807) is 0 Å². The van der Waals surface area contributed by atoms with Gasteiger partial charge < -0.3 is 0 Å². The van der Waals surface area contributed by atoms with E-state index in [0.717, 1.165) is 18.2 Å². The maximum Gasteiger partial charge on any atom is 0.397 e. The molecule has 0 radical (unpaired) electrons. The van der Waals surface area contributed by atoms with Crippen molar-refractivity contribution in [3.05, 3.63) is 0 Å². The van der Waals surface area contributed by atoms with Crippen LogP contribution in [0.2, 0.25) is 0 Å². The maximum atomic E-state index is 11.4. The van der Waals surface area contributed by atoms with Gasteiger partial charge in [0.1, 0.15) is 0 Å². The first kappa shape index (κ1) is 9.14. The Labute approximate surface area is 56.8 Å². The highest BCUT2D eigenvalue weighted by atomic mass is 32.2. The standard InChI is InChI=1S/C5H9F3S/c1-2-3-9-4-5(6,7)8/h2-4H2,1H3. The second-order valence-corrected chi connectivity index (χ2v) is 2.77. The van der Waals surface area contributed by atoms with Gasteiger partial charge in [-0.15, -0.1) is 0 Å². The molecule has 0 unspecified atom stereocenters. The highest BCUT2D eigenvalue weighted by molar-refractivity contribution is 7.99. The van der Waals surface area contributed by atoms with Crippen LogP contribution >= 0.6 is 11.8 Å². The smallest absolute Gasteiger partial charge is 0.170 e. The molecule has 0 aromatic heterocycles. The number of thioether (sulfide) groups is 1. The van der Waals surface area contributed by atoms with E-state index in [-0.39, 0.29) is 0 Å². The van der Waals surface area contributed by atoms with Crippen molar-refractivity contribution < 1.29 is 13.2 Å². The summed E-state index contributed by atoms with van der Waals surface area (Å²) in [7, 11) is 0. The Kier molecular flexibility index (Phi) is 4.10. The molecule has 0 aliphatic heterocycles. The fourth-order valence-corrected chi connectivity index (χ4v) is 0.997. The van der Waals surface area contributed by atoms with Gasteiger partial charge >= 0.3 is 6.18 Å². The molecule has 0 saturated heterocycles. The minimum Gasteiger partial charge on any atom is -0.170 e. The SMILES string of the molecule is CCCSCC(F)(F)F. The van der Waals surface area contributed by atoms with Gasteiger partial charge in [0.05, 0.1) is 5.75 Å². The molecular formula is C5H9F3S. The second kappa shape index (κ2) is 4.04. The van der Waals surface area contributed by atoms with Crippen LogP contribution in [-0.4, -0.2) is 17.7 Å². The molecule has 0 N–H and O–H groups in total. The molecule has 0 aliphatic carbocycles. The highest BCUT2D eigenvalue weighted by Gasteiger charge is 2.26.